The molecule has 2 unspecified atom stereocenters. The number of fused-ring (bicyclic) bond motifs is 2. The van der Waals surface area contributed by atoms with Gasteiger partial charge in [-0.3, -0.25) is 14.5 Å². The Kier molecular flexibility index (Phi) is 7.19. The first-order valence-corrected chi connectivity index (χ1v) is 11.1. The van der Waals surface area contributed by atoms with Crippen molar-refractivity contribution in [3.63, 3.8) is 0 Å². The molecule has 0 aromatic heterocycles. The normalized spacial score (nSPS) is 27.2. The van der Waals surface area contributed by atoms with Crippen molar-refractivity contribution in [1.82, 2.24) is 10.4 Å². The van der Waals surface area contributed by atoms with E-state index in [1.807, 2.05) is 0 Å². The first-order valence-electron chi connectivity index (χ1n) is 11.1. The van der Waals surface area contributed by atoms with Crippen LogP contribution in [0.15, 0.2) is 47.9 Å². The molecule has 14 heteroatoms. The molecule has 11 nitrogen and oxygen atoms in total. The van der Waals surface area contributed by atoms with Crippen LogP contribution in [0, 0.1) is 11.8 Å². The number of nitrogens with one attached hydrogen (secondary N) is 1. The van der Waals surface area contributed by atoms with E-state index in [1.165, 1.54) is 31.2 Å². The summed E-state index contributed by atoms with van der Waals surface area (Å²) in [5.74, 6) is -7.93. The number of carbonyl (C=O) groups excluding carboxylic acids is 4. The van der Waals surface area contributed by atoms with Crippen LogP contribution in [0.3, 0.4) is 0 Å². The third-order valence-electron chi connectivity index (χ3n) is 6.00. The van der Waals surface area contributed by atoms with E-state index < -0.39 is 52.9 Å². The smallest absolute Gasteiger partial charge is 0.418 e. The van der Waals surface area contributed by atoms with Gasteiger partial charge in [0.15, 0.2) is 23.0 Å². The zero-order chi connectivity index (χ0) is 27.0. The molecule has 0 spiro atoms. The van der Waals surface area contributed by atoms with Gasteiger partial charge in [0, 0.05) is 17.7 Å². The van der Waals surface area contributed by atoms with Crippen molar-refractivity contribution in [3.8, 4) is 0 Å². The Balaban J connectivity index is 1.80. The van der Waals surface area contributed by atoms with Gasteiger partial charge >= 0.3 is 18.1 Å². The number of allylic oxidation sites excluding steroid dienone is 3. The molecule has 4 rings (SSSR count). The molecule has 1 saturated heterocycles. The van der Waals surface area contributed by atoms with E-state index in [0.29, 0.717) is 0 Å². The molecule has 3 aliphatic rings. The van der Waals surface area contributed by atoms with Crippen LogP contribution >= 0.6 is 0 Å². The lowest BCUT2D eigenvalue weighted by Gasteiger charge is -2.41. The number of Topliss-reactive ketones (excluding diaryl/α,β-unsaturated/α-hetero) is 2. The molecule has 37 heavy (non-hydrogen) atoms. The van der Waals surface area contributed by atoms with Gasteiger partial charge in [0.2, 0.25) is 0 Å². The van der Waals surface area contributed by atoms with Crippen LogP contribution in [0.5, 0.6) is 0 Å². The zero-order valence-electron chi connectivity index (χ0n) is 19.4. The highest BCUT2D eigenvalue weighted by molar-refractivity contribution is 6.17. The van der Waals surface area contributed by atoms with E-state index in [2.05, 4.69) is 15.1 Å². The summed E-state index contributed by atoms with van der Waals surface area (Å²) in [6.45, 7) is 1.04. The molecule has 3 atom stereocenters. The molecule has 198 valence electrons. The van der Waals surface area contributed by atoms with Crippen molar-refractivity contribution in [1.29, 1.82) is 0 Å². The van der Waals surface area contributed by atoms with E-state index in [9.17, 15) is 32.3 Å². The van der Waals surface area contributed by atoms with Crippen molar-refractivity contribution in [2.75, 3.05) is 26.4 Å². The van der Waals surface area contributed by atoms with Crippen LogP contribution in [-0.4, -0.2) is 66.7 Å². The summed E-state index contributed by atoms with van der Waals surface area (Å²) < 4.78 is 49.0. The van der Waals surface area contributed by atoms with Gasteiger partial charge in [0.1, 0.15) is 6.61 Å². The monoisotopic (exact) mass is 525 g/mol. The summed E-state index contributed by atoms with van der Waals surface area (Å²) in [6, 6.07) is 5.97. The fourth-order valence-electron chi connectivity index (χ4n) is 4.08. The van der Waals surface area contributed by atoms with Crippen LogP contribution in [0.25, 0.3) is 0 Å². The van der Waals surface area contributed by atoms with E-state index in [1.54, 1.807) is 6.07 Å². The Bertz CT molecular complexity index is 1190. The fraction of sp³-hybridized carbons (Fsp3) is 0.391. The average molecular weight is 525 g/mol. The molecule has 0 saturated carbocycles. The summed E-state index contributed by atoms with van der Waals surface area (Å²) in [7, 11) is 0. The number of hydrogen-bond acceptors (Lipinski definition) is 11. The summed E-state index contributed by atoms with van der Waals surface area (Å²) >= 11 is 0. The summed E-state index contributed by atoms with van der Waals surface area (Å²) in [5.41, 5.74) is 6.63. The molecule has 2 aliphatic carbocycles. The minimum atomic E-state index is -5.35. The quantitative estimate of drug-likeness (QED) is 0.433. The number of hydrazine groups is 1. The number of nitrogens with zero attached hydrogens (tertiary/aromatic N) is 1. The molecule has 1 fully saturated rings. The minimum absolute atomic E-state index is 0.0268. The van der Waals surface area contributed by atoms with Crippen LogP contribution in [0.1, 0.15) is 27.6 Å². The van der Waals surface area contributed by atoms with Gasteiger partial charge in [-0.25, -0.2) is 9.59 Å². The average Bonchev–Trinajstić information content (AvgIpc) is 2.85. The molecule has 0 radical (unpaired) electrons. The van der Waals surface area contributed by atoms with Crippen molar-refractivity contribution < 1.29 is 51.6 Å². The maximum atomic E-state index is 13.5. The van der Waals surface area contributed by atoms with E-state index in [-0.39, 0.29) is 43.2 Å². The number of hydrogen-bond donors (Lipinski definition) is 2. The van der Waals surface area contributed by atoms with Gasteiger partial charge in [0.05, 0.1) is 30.7 Å². The predicted molar refractivity (Wildman–Crippen MR) is 116 cm³/mol. The minimum Gasteiger partial charge on any atom is -0.418 e. The lowest BCUT2D eigenvalue weighted by Crippen LogP contribution is -2.66. The van der Waals surface area contributed by atoms with Crippen molar-refractivity contribution >= 4 is 23.5 Å². The number of ether oxygens (including phenoxy) is 2. The van der Waals surface area contributed by atoms with Crippen molar-refractivity contribution in [2.24, 2.45) is 17.6 Å². The summed E-state index contributed by atoms with van der Waals surface area (Å²) in [5, 5.41) is 1.04. The number of nitrogens with two attached hydrogens (primary N) is 1. The maximum absolute atomic E-state index is 13.5. The second kappa shape index (κ2) is 10.0. The van der Waals surface area contributed by atoms with E-state index in [4.69, 9.17) is 15.4 Å². The molecule has 0 bridgehead atoms. The van der Waals surface area contributed by atoms with Crippen LogP contribution < -0.4 is 11.2 Å². The molecule has 1 aromatic carbocycles. The lowest BCUT2D eigenvalue weighted by molar-refractivity contribution is -0.288. The van der Waals surface area contributed by atoms with E-state index >= 15 is 0 Å². The summed E-state index contributed by atoms with van der Waals surface area (Å²) in [6.07, 6.45) is -3.17. The van der Waals surface area contributed by atoms with Gasteiger partial charge in [-0.2, -0.15) is 23.1 Å². The molecule has 1 aliphatic heterocycles. The second-order valence-corrected chi connectivity index (χ2v) is 8.52. The van der Waals surface area contributed by atoms with Gasteiger partial charge in [-0.15, -0.1) is 0 Å². The highest BCUT2D eigenvalue weighted by atomic mass is 19.4. The summed E-state index contributed by atoms with van der Waals surface area (Å²) in [4.78, 5) is 60.4. The first-order chi connectivity index (χ1) is 17.4. The highest BCUT2D eigenvalue weighted by Gasteiger charge is 2.49. The first kappa shape index (κ1) is 26.5. The Morgan fingerprint density at radius 3 is 2.49 bits per heavy atom. The Labute approximate surface area is 207 Å². The number of ketones is 2. The number of carbonyl (C=O) groups is 4. The number of esters is 1. The largest absolute Gasteiger partial charge is 0.491 e. The number of benzene rings is 1. The Morgan fingerprint density at radius 2 is 1.81 bits per heavy atom. The van der Waals surface area contributed by atoms with Gasteiger partial charge in [-0.05, 0) is 13.0 Å². The molecular formula is C23H22F3N3O8. The standard InChI is InChI=1S/C23H22F3N3O8/c1-22(27)20(32)37-35-11-10-34-9-8-29(22)28-17-15(36-21(33)23(24,25)26)7-6-14-16(17)19(31)13-5-3-2-4-12(13)18(14)30/h2-7,14,16,28H,8-11,27H2,1H3/t14?,16?,22-/m1/s1. The maximum Gasteiger partial charge on any atom is 0.491 e. The van der Waals surface area contributed by atoms with Crippen molar-refractivity contribution in [2.45, 2.75) is 18.8 Å². The number of alkyl halides is 3. The molecular weight excluding hydrogens is 503 g/mol. The third kappa shape index (κ3) is 5.13. The van der Waals surface area contributed by atoms with E-state index in [0.717, 1.165) is 11.1 Å². The number of halogens is 3. The topological polar surface area (TPSA) is 146 Å². The highest BCUT2D eigenvalue weighted by Crippen LogP contribution is 2.40. The van der Waals surface area contributed by atoms with Crippen LogP contribution in [-0.2, 0) is 28.8 Å². The van der Waals surface area contributed by atoms with Gasteiger partial charge < -0.3 is 20.6 Å². The predicted octanol–water partition coefficient (Wildman–Crippen LogP) is 1.17. The second-order valence-electron chi connectivity index (χ2n) is 8.52. The van der Waals surface area contributed by atoms with Crippen LogP contribution in [0.4, 0.5) is 13.2 Å². The fourth-order valence-corrected chi connectivity index (χ4v) is 4.08. The van der Waals surface area contributed by atoms with Gasteiger partial charge in [0.25, 0.3) is 0 Å². The Morgan fingerprint density at radius 1 is 1.14 bits per heavy atom. The zero-order valence-corrected chi connectivity index (χ0v) is 19.4. The van der Waals surface area contributed by atoms with Crippen molar-refractivity contribution in [3.05, 3.63) is 59.0 Å². The molecule has 1 aromatic rings. The molecule has 1 heterocycles. The third-order valence-corrected chi connectivity index (χ3v) is 6.00. The van der Waals surface area contributed by atoms with Crippen LogP contribution in [0.2, 0.25) is 0 Å². The Hall–Kier alpha value is -3.59. The van der Waals surface area contributed by atoms with Gasteiger partial charge in [-0.1, -0.05) is 30.3 Å². The molecule has 0 amide bonds. The lowest BCUT2D eigenvalue weighted by atomic mass is 9.70. The molecule has 3 N–H and O–H groups in total. The SMILES string of the molecule is C[C@]1(N)C(=O)OOCCOCCN1NC1=C(OC(=O)C(F)(F)F)C=CC2C(=O)c3ccccc3C(=O)C12. The number of rotatable bonds is 3.